The van der Waals surface area contributed by atoms with Crippen molar-refractivity contribution in [2.75, 3.05) is 39.3 Å². The second-order valence-corrected chi connectivity index (χ2v) is 2.91. The van der Waals surface area contributed by atoms with Crippen molar-refractivity contribution in [3.63, 3.8) is 0 Å². The van der Waals surface area contributed by atoms with Gasteiger partial charge in [-0.05, 0) is 0 Å². The third kappa shape index (κ3) is 2.66. The van der Waals surface area contributed by atoms with Crippen LogP contribution in [0.25, 0.3) is 0 Å². The Morgan fingerprint density at radius 1 is 1.33 bits per heavy atom. The summed E-state index contributed by atoms with van der Waals surface area (Å²) >= 11 is 0. The molecule has 68 valence electrons. The summed E-state index contributed by atoms with van der Waals surface area (Å²) in [7, 11) is 0. The summed E-state index contributed by atoms with van der Waals surface area (Å²) in [5.41, 5.74) is 5.43. The molecule has 4 heteroatoms. The van der Waals surface area contributed by atoms with E-state index in [-0.39, 0.29) is 0 Å². The molecule has 4 nitrogen and oxygen atoms in total. The fourth-order valence-electron chi connectivity index (χ4n) is 1.37. The molecule has 12 heavy (non-hydrogen) atoms. The minimum atomic E-state index is 0.712. The van der Waals surface area contributed by atoms with Crippen LogP contribution in [0.2, 0.25) is 0 Å². The molecule has 1 saturated heterocycles. The summed E-state index contributed by atoms with van der Waals surface area (Å²) in [4.78, 5) is 14.3. The van der Waals surface area contributed by atoms with Gasteiger partial charge in [0.2, 0.25) is 0 Å². The maximum atomic E-state index is 10.0. The molecule has 1 aliphatic rings. The molecule has 1 aliphatic heterocycles. The second kappa shape index (κ2) is 4.93. The predicted octanol–water partition coefficient (Wildman–Crippen LogP) is -1.09. The second-order valence-electron chi connectivity index (χ2n) is 2.91. The van der Waals surface area contributed by atoms with Crippen molar-refractivity contribution < 1.29 is 4.79 Å². The lowest BCUT2D eigenvalue weighted by Crippen LogP contribution is -2.45. The smallest absolute Gasteiger partial charge is 0.142 e. The number of nitrogens with two attached hydrogens (primary N) is 1. The highest BCUT2D eigenvalue weighted by atomic mass is 16.1. The van der Waals surface area contributed by atoms with E-state index < -0.39 is 0 Å². The first-order valence-corrected chi connectivity index (χ1v) is 4.24. The van der Waals surface area contributed by atoms with Gasteiger partial charge in [0.25, 0.3) is 0 Å². The topological polar surface area (TPSA) is 49.6 Å². The monoisotopic (exact) mass is 169 g/mol. The molecule has 0 amide bonds. The Balaban J connectivity index is 2.24. The van der Waals surface area contributed by atoms with Gasteiger partial charge in [-0.2, -0.15) is 0 Å². The van der Waals surface area contributed by atoms with Crippen LogP contribution in [-0.2, 0) is 4.79 Å². The first-order chi connectivity index (χ1) is 5.86. The molecule has 0 radical (unpaired) electrons. The van der Waals surface area contributed by atoms with Gasteiger partial charge in [-0.3, -0.25) is 4.90 Å². The zero-order valence-electron chi connectivity index (χ0n) is 7.20. The summed E-state index contributed by atoms with van der Waals surface area (Å²) in [5.74, 6) is 1.79. The lowest BCUT2D eigenvalue weighted by Gasteiger charge is -2.32. The Morgan fingerprint density at radius 2 is 2.00 bits per heavy atom. The molecular weight excluding hydrogens is 154 g/mol. The third-order valence-electron chi connectivity index (χ3n) is 2.09. The molecule has 0 aliphatic carbocycles. The molecule has 1 heterocycles. The Bertz CT molecular complexity index is 169. The molecule has 0 aromatic heterocycles. The van der Waals surface area contributed by atoms with Gasteiger partial charge in [0.05, 0.1) is 6.20 Å². The number of piperazine rings is 1. The van der Waals surface area contributed by atoms with E-state index in [0.717, 1.165) is 32.7 Å². The van der Waals surface area contributed by atoms with Crippen LogP contribution in [0.3, 0.4) is 0 Å². The van der Waals surface area contributed by atoms with Crippen LogP contribution < -0.4 is 5.73 Å². The Labute approximate surface area is 72.6 Å². The van der Waals surface area contributed by atoms with Crippen molar-refractivity contribution in [1.82, 2.24) is 9.80 Å². The summed E-state index contributed by atoms with van der Waals surface area (Å²) < 4.78 is 0. The van der Waals surface area contributed by atoms with Crippen LogP contribution in [0.5, 0.6) is 0 Å². The molecule has 1 fully saturated rings. The van der Waals surface area contributed by atoms with Crippen molar-refractivity contribution in [3.8, 4) is 0 Å². The van der Waals surface area contributed by atoms with Gasteiger partial charge in [0.1, 0.15) is 5.94 Å². The average molecular weight is 169 g/mol. The summed E-state index contributed by atoms with van der Waals surface area (Å²) in [6.45, 7) is 5.48. The van der Waals surface area contributed by atoms with Gasteiger partial charge < -0.3 is 10.6 Å². The van der Waals surface area contributed by atoms with Crippen molar-refractivity contribution in [1.29, 1.82) is 0 Å². The van der Waals surface area contributed by atoms with Crippen LogP contribution in [-0.4, -0.2) is 55.0 Å². The lowest BCUT2D eigenvalue weighted by molar-refractivity contribution is 0.173. The van der Waals surface area contributed by atoms with Crippen molar-refractivity contribution in [2.24, 2.45) is 5.73 Å². The fraction of sp³-hybridized carbons (Fsp3) is 0.750. The van der Waals surface area contributed by atoms with Crippen LogP contribution in [0.1, 0.15) is 0 Å². The number of rotatable bonds is 3. The van der Waals surface area contributed by atoms with E-state index in [0.29, 0.717) is 6.54 Å². The maximum Gasteiger partial charge on any atom is 0.142 e. The molecule has 0 atom stereocenters. The van der Waals surface area contributed by atoms with E-state index in [9.17, 15) is 4.79 Å². The van der Waals surface area contributed by atoms with Gasteiger partial charge >= 0.3 is 0 Å². The molecule has 2 N–H and O–H groups in total. The number of hydrogen-bond acceptors (Lipinski definition) is 4. The highest BCUT2D eigenvalue weighted by molar-refractivity contribution is 5.44. The Hall–Kier alpha value is -0.830. The summed E-state index contributed by atoms with van der Waals surface area (Å²) in [6, 6.07) is 0. The van der Waals surface area contributed by atoms with Crippen molar-refractivity contribution in [2.45, 2.75) is 0 Å². The van der Waals surface area contributed by atoms with Gasteiger partial charge in [0.15, 0.2) is 0 Å². The molecule has 0 spiro atoms. The zero-order chi connectivity index (χ0) is 8.81. The normalized spacial score (nSPS) is 18.9. The predicted molar refractivity (Wildman–Crippen MR) is 47.3 cm³/mol. The molecule has 1 rings (SSSR count). The van der Waals surface area contributed by atoms with E-state index in [1.165, 1.54) is 6.20 Å². The standard InChI is InChI=1S/C8H15N3O/c9-1-2-10-3-5-11(6-4-10)7-8-12/h7H,1-6,9H2. The number of hydrogen-bond donors (Lipinski definition) is 1. The fourth-order valence-corrected chi connectivity index (χ4v) is 1.37. The molecule has 0 saturated carbocycles. The largest absolute Gasteiger partial charge is 0.366 e. The first-order valence-electron chi connectivity index (χ1n) is 4.24. The Kier molecular flexibility index (Phi) is 3.80. The number of nitrogens with zero attached hydrogens (tertiary/aromatic N) is 2. The summed E-state index contributed by atoms with van der Waals surface area (Å²) in [5, 5.41) is 0. The van der Waals surface area contributed by atoms with Crippen LogP contribution in [0.4, 0.5) is 0 Å². The zero-order valence-corrected chi connectivity index (χ0v) is 7.20. The molecular formula is C8H15N3O. The van der Waals surface area contributed by atoms with Gasteiger partial charge in [-0.15, -0.1) is 0 Å². The number of carbonyl (C=O) groups excluding carboxylic acids is 1. The van der Waals surface area contributed by atoms with Crippen molar-refractivity contribution >= 4 is 5.94 Å². The minimum absolute atomic E-state index is 0.712. The highest BCUT2D eigenvalue weighted by Crippen LogP contribution is 1.99. The van der Waals surface area contributed by atoms with E-state index >= 15 is 0 Å². The van der Waals surface area contributed by atoms with Gasteiger partial charge in [-0.1, -0.05) is 0 Å². The van der Waals surface area contributed by atoms with Crippen LogP contribution in [0.15, 0.2) is 6.20 Å². The summed E-state index contributed by atoms with van der Waals surface area (Å²) in [6.07, 6.45) is 1.49. The Morgan fingerprint density at radius 3 is 2.50 bits per heavy atom. The van der Waals surface area contributed by atoms with Crippen LogP contribution >= 0.6 is 0 Å². The lowest BCUT2D eigenvalue weighted by atomic mass is 10.3. The van der Waals surface area contributed by atoms with E-state index in [1.54, 1.807) is 5.94 Å². The van der Waals surface area contributed by atoms with Crippen LogP contribution in [0, 0.1) is 0 Å². The van der Waals surface area contributed by atoms with Gasteiger partial charge in [-0.25, -0.2) is 4.79 Å². The average Bonchev–Trinajstić information content (AvgIpc) is 2.09. The van der Waals surface area contributed by atoms with Crippen molar-refractivity contribution in [3.05, 3.63) is 6.20 Å². The third-order valence-corrected chi connectivity index (χ3v) is 2.09. The molecule has 0 aromatic rings. The van der Waals surface area contributed by atoms with E-state index in [1.807, 2.05) is 4.90 Å². The van der Waals surface area contributed by atoms with E-state index in [4.69, 9.17) is 5.73 Å². The maximum absolute atomic E-state index is 10.0. The molecule has 0 bridgehead atoms. The van der Waals surface area contributed by atoms with E-state index in [2.05, 4.69) is 4.90 Å². The van der Waals surface area contributed by atoms with Gasteiger partial charge in [0, 0.05) is 39.3 Å². The highest BCUT2D eigenvalue weighted by Gasteiger charge is 2.12. The minimum Gasteiger partial charge on any atom is -0.366 e. The SMILES string of the molecule is NCCN1CCN(C=C=O)CC1. The molecule has 0 aromatic carbocycles. The quantitative estimate of drug-likeness (QED) is 0.545. The first kappa shape index (κ1) is 9.26. The molecule has 0 unspecified atom stereocenters.